The van der Waals surface area contributed by atoms with Crippen LogP contribution in [0.25, 0.3) is 0 Å². The van der Waals surface area contributed by atoms with Crippen molar-refractivity contribution in [2.24, 2.45) is 10.7 Å². The Balaban J connectivity index is 1.81. The summed E-state index contributed by atoms with van der Waals surface area (Å²) in [6, 6.07) is 11.2. The molecule has 2 aromatic rings. The summed E-state index contributed by atoms with van der Waals surface area (Å²) in [4.78, 5) is 30.0. The van der Waals surface area contributed by atoms with E-state index in [4.69, 9.17) is 5.73 Å². The fraction of sp³-hybridized carbons (Fsp3) is 0.292. The summed E-state index contributed by atoms with van der Waals surface area (Å²) < 4.78 is 39.3. The zero-order valence-corrected chi connectivity index (χ0v) is 18.5. The van der Waals surface area contributed by atoms with Crippen LogP contribution in [0.15, 0.2) is 64.8 Å². The number of aldehydes is 1. The number of amides is 1. The number of amidine groups is 1. The van der Waals surface area contributed by atoms with Crippen LogP contribution in [0.4, 0.5) is 13.2 Å². The van der Waals surface area contributed by atoms with E-state index in [9.17, 15) is 27.9 Å². The molecule has 0 radical (unpaired) electrons. The minimum atomic E-state index is -4.47. The summed E-state index contributed by atoms with van der Waals surface area (Å²) in [6.07, 6.45) is -3.75. The van der Waals surface area contributed by atoms with Gasteiger partial charge in [0.15, 0.2) is 0 Å². The van der Waals surface area contributed by atoms with Crippen molar-refractivity contribution in [1.82, 2.24) is 10.2 Å². The number of benzene rings is 2. The highest BCUT2D eigenvalue weighted by Gasteiger charge is 2.32. The van der Waals surface area contributed by atoms with Crippen molar-refractivity contribution in [3.63, 3.8) is 0 Å². The third kappa shape index (κ3) is 5.82. The Morgan fingerprint density at radius 1 is 1.26 bits per heavy atom. The van der Waals surface area contributed by atoms with Gasteiger partial charge in [0, 0.05) is 18.7 Å². The normalized spacial score (nSPS) is 15.4. The number of aliphatic hydroxyl groups excluding tert-OH is 1. The average Bonchev–Trinajstić information content (AvgIpc) is 3.26. The lowest BCUT2D eigenvalue weighted by atomic mass is 10.0. The van der Waals surface area contributed by atoms with Gasteiger partial charge >= 0.3 is 6.18 Å². The highest BCUT2D eigenvalue weighted by molar-refractivity contribution is 6.21. The van der Waals surface area contributed by atoms with Gasteiger partial charge in [-0.1, -0.05) is 36.4 Å². The van der Waals surface area contributed by atoms with Gasteiger partial charge in [-0.15, -0.1) is 0 Å². The van der Waals surface area contributed by atoms with Crippen molar-refractivity contribution in [3.05, 3.63) is 82.1 Å². The first-order valence-electron chi connectivity index (χ1n) is 10.6. The standard InChI is InChI=1S/C24H25F3N4O3/c1-15(18-7-5-16(13-32)6-8-18)30-23(34)21(20(28)14-33)22-29-9-10-31(22)12-17-3-2-4-19(11-17)24(25,26)27/h2-8,11,13,15,33H,9-10,12,14,28H2,1H3,(H,30,34). The Hall–Kier alpha value is -3.66. The van der Waals surface area contributed by atoms with Crippen LogP contribution in [0, 0.1) is 0 Å². The third-order valence-corrected chi connectivity index (χ3v) is 5.42. The van der Waals surface area contributed by atoms with E-state index in [1.807, 2.05) is 0 Å². The maximum atomic E-state index is 13.1. The Bertz CT molecular complexity index is 1110. The van der Waals surface area contributed by atoms with Crippen LogP contribution in [0.2, 0.25) is 0 Å². The third-order valence-electron chi connectivity index (χ3n) is 5.42. The van der Waals surface area contributed by atoms with E-state index in [1.54, 1.807) is 42.2 Å². The fourth-order valence-corrected chi connectivity index (χ4v) is 3.63. The number of aliphatic hydroxyl groups is 1. The zero-order chi connectivity index (χ0) is 24.9. The van der Waals surface area contributed by atoms with Gasteiger partial charge in [0.2, 0.25) is 0 Å². The molecule has 1 aliphatic rings. The van der Waals surface area contributed by atoms with E-state index in [1.165, 1.54) is 6.07 Å². The monoisotopic (exact) mass is 474 g/mol. The molecule has 1 atom stereocenters. The molecule has 1 unspecified atom stereocenters. The number of alkyl halides is 3. The molecule has 0 aliphatic carbocycles. The number of hydrogen-bond donors (Lipinski definition) is 3. The van der Waals surface area contributed by atoms with E-state index < -0.39 is 30.3 Å². The number of nitrogens with one attached hydrogen (secondary N) is 1. The quantitative estimate of drug-likeness (QED) is 0.403. The topological polar surface area (TPSA) is 108 Å². The van der Waals surface area contributed by atoms with E-state index in [0.29, 0.717) is 30.5 Å². The molecule has 0 spiro atoms. The SMILES string of the molecule is CC(NC(=O)C(C1=NCCN1Cc1cccc(C(F)(F)F)c1)=C(N)CO)c1ccc(C=O)cc1. The van der Waals surface area contributed by atoms with Gasteiger partial charge in [-0.05, 0) is 30.2 Å². The molecule has 3 rings (SSSR count). The predicted molar refractivity (Wildman–Crippen MR) is 121 cm³/mol. The van der Waals surface area contributed by atoms with E-state index in [-0.39, 0.29) is 23.7 Å². The van der Waals surface area contributed by atoms with Gasteiger partial charge in [0.05, 0.1) is 30.5 Å². The summed E-state index contributed by atoms with van der Waals surface area (Å²) in [5, 5.41) is 12.4. The molecule has 10 heteroatoms. The van der Waals surface area contributed by atoms with Crippen molar-refractivity contribution in [1.29, 1.82) is 0 Å². The van der Waals surface area contributed by atoms with Gasteiger partial charge in [-0.25, -0.2) is 0 Å². The summed E-state index contributed by atoms with van der Waals surface area (Å²) in [5.74, 6) is -0.363. The number of carbonyl (C=O) groups is 2. The molecule has 0 bridgehead atoms. The van der Waals surface area contributed by atoms with Crippen LogP contribution in [-0.4, -0.2) is 47.7 Å². The average molecular weight is 474 g/mol. The Labute approximate surface area is 194 Å². The Morgan fingerprint density at radius 3 is 2.59 bits per heavy atom. The van der Waals surface area contributed by atoms with Crippen LogP contribution in [0.3, 0.4) is 0 Å². The molecule has 7 nitrogen and oxygen atoms in total. The predicted octanol–water partition coefficient (Wildman–Crippen LogP) is 2.81. The Morgan fingerprint density at radius 2 is 1.97 bits per heavy atom. The summed E-state index contributed by atoms with van der Waals surface area (Å²) in [7, 11) is 0. The maximum Gasteiger partial charge on any atom is 0.416 e. The van der Waals surface area contributed by atoms with Gasteiger partial charge in [-0.3, -0.25) is 14.6 Å². The number of carbonyl (C=O) groups excluding carboxylic acids is 2. The molecule has 1 amide bonds. The number of hydrogen-bond acceptors (Lipinski definition) is 6. The van der Waals surface area contributed by atoms with Gasteiger partial charge in [-0.2, -0.15) is 13.2 Å². The lowest BCUT2D eigenvalue weighted by molar-refractivity contribution is -0.137. The number of nitrogens with two attached hydrogens (primary N) is 1. The van der Waals surface area contributed by atoms with Crippen LogP contribution < -0.4 is 11.1 Å². The van der Waals surface area contributed by atoms with Crippen molar-refractivity contribution < 1.29 is 27.9 Å². The van der Waals surface area contributed by atoms with Gasteiger partial charge in [0.1, 0.15) is 17.7 Å². The highest BCUT2D eigenvalue weighted by atomic mass is 19.4. The summed E-state index contributed by atoms with van der Waals surface area (Å²) >= 11 is 0. The van der Waals surface area contributed by atoms with Crippen molar-refractivity contribution in [3.8, 4) is 0 Å². The summed E-state index contributed by atoms with van der Waals surface area (Å²) in [5.41, 5.74) is 6.71. The molecule has 0 saturated heterocycles. The van der Waals surface area contributed by atoms with Gasteiger partial charge < -0.3 is 21.1 Å². The van der Waals surface area contributed by atoms with Gasteiger partial charge in [0.25, 0.3) is 5.91 Å². The van der Waals surface area contributed by atoms with Crippen LogP contribution in [-0.2, 0) is 17.5 Å². The molecule has 1 aliphatic heterocycles. The molecule has 34 heavy (non-hydrogen) atoms. The first kappa shape index (κ1) is 25.0. The number of rotatable bonds is 8. The minimum absolute atomic E-state index is 0.0247. The van der Waals surface area contributed by atoms with Crippen LogP contribution >= 0.6 is 0 Å². The zero-order valence-electron chi connectivity index (χ0n) is 18.5. The smallest absolute Gasteiger partial charge is 0.399 e. The minimum Gasteiger partial charge on any atom is -0.399 e. The molecule has 0 saturated carbocycles. The lowest BCUT2D eigenvalue weighted by Gasteiger charge is -2.24. The van der Waals surface area contributed by atoms with Crippen LogP contribution in [0.5, 0.6) is 0 Å². The fourth-order valence-electron chi connectivity index (χ4n) is 3.63. The van der Waals surface area contributed by atoms with Crippen molar-refractivity contribution >= 4 is 18.0 Å². The largest absolute Gasteiger partial charge is 0.416 e. The molecule has 180 valence electrons. The first-order chi connectivity index (χ1) is 16.1. The molecule has 2 aromatic carbocycles. The number of aliphatic imine (C=N–C) groups is 1. The summed E-state index contributed by atoms with van der Waals surface area (Å²) in [6.45, 7) is 1.94. The second-order valence-electron chi connectivity index (χ2n) is 7.86. The Kier molecular flexibility index (Phi) is 7.72. The van der Waals surface area contributed by atoms with E-state index >= 15 is 0 Å². The van der Waals surface area contributed by atoms with Crippen molar-refractivity contribution in [2.45, 2.75) is 25.7 Å². The molecule has 4 N–H and O–H groups in total. The second kappa shape index (κ2) is 10.5. The molecular formula is C24H25F3N4O3. The molecule has 0 fully saturated rings. The maximum absolute atomic E-state index is 13.1. The number of nitrogens with zero attached hydrogens (tertiary/aromatic N) is 2. The second-order valence-corrected chi connectivity index (χ2v) is 7.86. The first-order valence-corrected chi connectivity index (χ1v) is 10.6. The molecule has 0 aromatic heterocycles. The highest BCUT2D eigenvalue weighted by Crippen LogP contribution is 2.30. The molecule has 1 heterocycles. The van der Waals surface area contributed by atoms with E-state index in [0.717, 1.165) is 17.7 Å². The number of halogens is 3. The van der Waals surface area contributed by atoms with Crippen molar-refractivity contribution in [2.75, 3.05) is 19.7 Å². The van der Waals surface area contributed by atoms with E-state index in [2.05, 4.69) is 10.3 Å². The molecular weight excluding hydrogens is 449 g/mol. The van der Waals surface area contributed by atoms with Crippen LogP contribution in [0.1, 0.15) is 40.0 Å². The lowest BCUT2D eigenvalue weighted by Crippen LogP contribution is -2.39.